The zero-order valence-electron chi connectivity index (χ0n) is 34.4. The van der Waals surface area contributed by atoms with Gasteiger partial charge in [0.15, 0.2) is 17.5 Å². The van der Waals surface area contributed by atoms with E-state index in [2.05, 4.69) is 167 Å². The quantitative estimate of drug-likeness (QED) is 0.162. The predicted octanol–water partition coefficient (Wildman–Crippen LogP) is 14.8. The highest BCUT2D eigenvalue weighted by Gasteiger charge is 2.46. The van der Waals surface area contributed by atoms with Crippen LogP contribution < -0.4 is 0 Å². The van der Waals surface area contributed by atoms with E-state index in [1.807, 2.05) is 60.7 Å². The Morgan fingerprint density at radius 3 is 1.23 bits per heavy atom. The molecule has 0 spiro atoms. The van der Waals surface area contributed by atoms with Crippen LogP contribution in [0.15, 0.2) is 200 Å². The van der Waals surface area contributed by atoms with Gasteiger partial charge in [-0.3, -0.25) is 0 Å². The lowest BCUT2D eigenvalue weighted by Crippen LogP contribution is -2.43. The molecule has 1 heterocycles. The summed E-state index contributed by atoms with van der Waals surface area (Å²) < 4.78 is 0. The number of hydrogen-bond acceptors (Lipinski definition) is 3. The maximum absolute atomic E-state index is 4.97. The summed E-state index contributed by atoms with van der Waals surface area (Å²) in [6, 6.07) is 71.4. The minimum Gasteiger partial charge on any atom is -0.208 e. The van der Waals surface area contributed by atoms with Gasteiger partial charge in [-0.05, 0) is 95.8 Å². The monoisotopic (exact) mass is 771 g/mol. The third-order valence-electron chi connectivity index (χ3n) is 12.9. The van der Waals surface area contributed by atoms with Crippen molar-refractivity contribution in [1.29, 1.82) is 0 Å². The van der Waals surface area contributed by atoms with Crippen molar-refractivity contribution in [1.82, 2.24) is 15.0 Å². The minimum absolute atomic E-state index is 0.108. The standard InChI is InChI=1S/C57H45N3/c1-56(2)51-34-32-45(44-24-16-23-43(35-44)38-17-8-5-9-18-38)36-50(51)49-33-31-46(37-52(49)57(56,3)4)48-26-15-14-25-47(48)39-27-29-42(30-28-39)55-59-53(40-19-10-6-11-20-40)58-54(60-55)41-21-12-7-13-22-41/h5-37H,1-4H3. The molecule has 0 N–H and O–H groups in total. The largest absolute Gasteiger partial charge is 0.208 e. The van der Waals surface area contributed by atoms with Crippen molar-refractivity contribution in [2.75, 3.05) is 0 Å². The molecule has 0 amide bonds. The molecule has 60 heavy (non-hydrogen) atoms. The van der Waals surface area contributed by atoms with Crippen LogP contribution in [0.1, 0.15) is 38.8 Å². The molecular formula is C57H45N3. The SMILES string of the molecule is CC1(C)c2ccc(-c3cccc(-c4ccccc4)c3)cc2-c2ccc(-c3ccccc3-c3ccc(-c4nc(-c5ccccc5)nc(-c5ccccc5)n4)cc3)cc2C1(C)C. The summed E-state index contributed by atoms with van der Waals surface area (Å²) >= 11 is 0. The zero-order chi connectivity index (χ0) is 40.8. The first-order valence-electron chi connectivity index (χ1n) is 20.8. The Hall–Kier alpha value is -7.23. The Kier molecular flexibility index (Phi) is 9.18. The van der Waals surface area contributed by atoms with Crippen LogP contribution in [0.5, 0.6) is 0 Å². The fourth-order valence-electron chi connectivity index (χ4n) is 8.86. The first kappa shape index (κ1) is 37.1. The van der Waals surface area contributed by atoms with Gasteiger partial charge in [-0.1, -0.05) is 210 Å². The second-order valence-corrected chi connectivity index (χ2v) is 16.9. The lowest BCUT2D eigenvalue weighted by atomic mass is 9.55. The van der Waals surface area contributed by atoms with E-state index in [9.17, 15) is 0 Å². The van der Waals surface area contributed by atoms with Gasteiger partial charge in [0, 0.05) is 16.7 Å². The van der Waals surface area contributed by atoms with Gasteiger partial charge in [-0.2, -0.15) is 0 Å². The van der Waals surface area contributed by atoms with Crippen molar-refractivity contribution in [2.45, 2.75) is 38.5 Å². The molecule has 1 aliphatic carbocycles. The topological polar surface area (TPSA) is 38.7 Å². The molecule has 0 unspecified atom stereocenters. The summed E-state index contributed by atoms with van der Waals surface area (Å²) in [5.74, 6) is 1.96. The third kappa shape index (κ3) is 6.53. The second kappa shape index (κ2) is 14.9. The summed E-state index contributed by atoms with van der Waals surface area (Å²) in [4.78, 5) is 14.8. The third-order valence-corrected chi connectivity index (χ3v) is 12.9. The van der Waals surface area contributed by atoms with Crippen LogP contribution >= 0.6 is 0 Å². The van der Waals surface area contributed by atoms with Crippen LogP contribution in [0, 0.1) is 0 Å². The predicted molar refractivity (Wildman–Crippen MR) is 249 cm³/mol. The molecule has 0 aliphatic heterocycles. The van der Waals surface area contributed by atoms with E-state index < -0.39 is 0 Å². The molecule has 1 aromatic heterocycles. The summed E-state index contributed by atoms with van der Waals surface area (Å²) in [7, 11) is 0. The lowest BCUT2D eigenvalue weighted by molar-refractivity contribution is 0.299. The number of benzene rings is 8. The highest BCUT2D eigenvalue weighted by molar-refractivity contribution is 5.89. The highest BCUT2D eigenvalue weighted by Crippen LogP contribution is 2.55. The van der Waals surface area contributed by atoms with E-state index >= 15 is 0 Å². The Bertz CT molecular complexity index is 2950. The molecule has 3 heteroatoms. The van der Waals surface area contributed by atoms with Crippen LogP contribution in [-0.2, 0) is 10.8 Å². The zero-order valence-corrected chi connectivity index (χ0v) is 34.4. The van der Waals surface area contributed by atoms with Gasteiger partial charge < -0.3 is 0 Å². The van der Waals surface area contributed by atoms with E-state index in [0.29, 0.717) is 17.5 Å². The molecule has 3 nitrogen and oxygen atoms in total. The van der Waals surface area contributed by atoms with Crippen LogP contribution in [0.25, 0.3) is 89.8 Å². The summed E-state index contributed by atoms with van der Waals surface area (Å²) in [5, 5.41) is 0. The number of rotatable bonds is 7. The Labute approximate surface area is 353 Å². The number of nitrogens with zero attached hydrogens (tertiary/aromatic N) is 3. The van der Waals surface area contributed by atoms with Gasteiger partial charge in [0.1, 0.15) is 0 Å². The Balaban J connectivity index is 1.02. The molecule has 0 fully saturated rings. The van der Waals surface area contributed by atoms with E-state index in [4.69, 9.17) is 15.0 Å². The molecule has 8 aromatic carbocycles. The molecule has 0 atom stereocenters. The molecule has 0 saturated carbocycles. The summed E-state index contributed by atoms with van der Waals surface area (Å²) in [6.07, 6.45) is 0. The maximum atomic E-state index is 4.97. The van der Waals surface area contributed by atoms with Crippen LogP contribution in [0.4, 0.5) is 0 Å². The Morgan fingerprint density at radius 2 is 0.650 bits per heavy atom. The average molecular weight is 772 g/mol. The smallest absolute Gasteiger partial charge is 0.164 e. The molecule has 0 bridgehead atoms. The van der Waals surface area contributed by atoms with Gasteiger partial charge in [0.25, 0.3) is 0 Å². The minimum atomic E-state index is -0.127. The van der Waals surface area contributed by atoms with Crippen molar-refractivity contribution in [3.8, 4) is 89.8 Å². The van der Waals surface area contributed by atoms with Crippen molar-refractivity contribution in [2.24, 2.45) is 0 Å². The number of hydrogen-bond donors (Lipinski definition) is 0. The van der Waals surface area contributed by atoms with Gasteiger partial charge >= 0.3 is 0 Å². The second-order valence-electron chi connectivity index (χ2n) is 16.9. The highest BCUT2D eigenvalue weighted by atomic mass is 15.0. The molecular weight excluding hydrogens is 727 g/mol. The van der Waals surface area contributed by atoms with Gasteiger partial charge in [-0.15, -0.1) is 0 Å². The molecule has 9 aromatic rings. The van der Waals surface area contributed by atoms with Crippen LogP contribution in [0.2, 0.25) is 0 Å². The fraction of sp³-hybridized carbons (Fsp3) is 0.105. The van der Waals surface area contributed by atoms with Crippen molar-refractivity contribution in [3.63, 3.8) is 0 Å². The van der Waals surface area contributed by atoms with Gasteiger partial charge in [-0.25, -0.2) is 15.0 Å². The summed E-state index contributed by atoms with van der Waals surface area (Å²) in [6.45, 7) is 9.64. The van der Waals surface area contributed by atoms with E-state index in [1.54, 1.807) is 0 Å². The maximum Gasteiger partial charge on any atom is 0.164 e. The van der Waals surface area contributed by atoms with Gasteiger partial charge in [0.05, 0.1) is 0 Å². The fourth-order valence-corrected chi connectivity index (χ4v) is 8.86. The van der Waals surface area contributed by atoms with Crippen LogP contribution in [-0.4, -0.2) is 15.0 Å². The normalized spacial score (nSPS) is 13.6. The molecule has 1 aliphatic rings. The first-order chi connectivity index (χ1) is 29.2. The van der Waals surface area contributed by atoms with Crippen LogP contribution in [0.3, 0.4) is 0 Å². The van der Waals surface area contributed by atoms with Crippen molar-refractivity contribution >= 4 is 0 Å². The van der Waals surface area contributed by atoms with Crippen molar-refractivity contribution in [3.05, 3.63) is 211 Å². The van der Waals surface area contributed by atoms with Crippen molar-refractivity contribution < 1.29 is 0 Å². The summed E-state index contributed by atoms with van der Waals surface area (Å²) in [5.41, 5.74) is 17.7. The van der Waals surface area contributed by atoms with E-state index in [0.717, 1.165) is 22.3 Å². The molecule has 0 radical (unpaired) electrons. The number of aromatic nitrogens is 3. The van der Waals surface area contributed by atoms with E-state index in [1.165, 1.54) is 61.2 Å². The van der Waals surface area contributed by atoms with Gasteiger partial charge in [0.2, 0.25) is 0 Å². The molecule has 288 valence electrons. The first-order valence-corrected chi connectivity index (χ1v) is 20.8. The molecule has 0 saturated heterocycles. The molecule has 10 rings (SSSR count). The lowest BCUT2D eigenvalue weighted by Gasteiger charge is -2.48. The Morgan fingerprint density at radius 1 is 0.250 bits per heavy atom. The number of fused-ring (bicyclic) bond motifs is 3. The van der Waals surface area contributed by atoms with E-state index in [-0.39, 0.29) is 10.8 Å². The average Bonchev–Trinajstić information content (AvgIpc) is 3.31.